The van der Waals surface area contributed by atoms with Crippen LogP contribution in [0.15, 0.2) is 18.5 Å². The van der Waals surface area contributed by atoms with Crippen LogP contribution < -0.4 is 0 Å². The van der Waals surface area contributed by atoms with Gasteiger partial charge in [0.1, 0.15) is 5.82 Å². The molecule has 2 nitrogen and oxygen atoms in total. The third-order valence-electron chi connectivity index (χ3n) is 4.37. The maximum atomic E-state index is 4.27. The number of rotatable bonds is 15. The van der Waals surface area contributed by atoms with Gasteiger partial charge in [-0.05, 0) is 12.5 Å². The summed E-state index contributed by atoms with van der Waals surface area (Å²) in [7, 11) is 0. The van der Waals surface area contributed by atoms with E-state index in [2.05, 4.69) is 16.9 Å². The van der Waals surface area contributed by atoms with E-state index in [1.54, 1.807) is 0 Å². The van der Waals surface area contributed by atoms with Gasteiger partial charge in [0.2, 0.25) is 0 Å². The maximum absolute atomic E-state index is 4.27. The Morgan fingerprint density at radius 1 is 0.609 bits per heavy atom. The van der Waals surface area contributed by atoms with E-state index in [-0.39, 0.29) is 17.0 Å². The quantitative estimate of drug-likeness (QED) is 0.302. The molecule has 1 heterocycles. The predicted octanol–water partition coefficient (Wildman–Crippen LogP) is 7.08. The van der Waals surface area contributed by atoms with E-state index in [0.717, 1.165) is 12.2 Å². The van der Waals surface area contributed by atoms with Crippen molar-refractivity contribution >= 4 is 17.0 Å². The van der Waals surface area contributed by atoms with Crippen LogP contribution in [0.2, 0.25) is 0 Å². The summed E-state index contributed by atoms with van der Waals surface area (Å²) in [5.41, 5.74) is 0. The molecule has 0 saturated carbocycles. The van der Waals surface area contributed by atoms with Gasteiger partial charge >= 0.3 is 0 Å². The monoisotopic (exact) mass is 384 g/mol. The van der Waals surface area contributed by atoms with Crippen molar-refractivity contribution in [2.75, 3.05) is 0 Å². The summed E-state index contributed by atoms with van der Waals surface area (Å²) in [6, 6.07) is 1.88. The first-order valence-electron chi connectivity index (χ1n) is 9.69. The second-order valence-corrected chi connectivity index (χ2v) is 6.51. The number of unbranched alkanes of at least 4 members (excludes halogenated alkanes) is 13. The molecular weight excluding hydrogens is 348 g/mol. The Kier molecular flexibility index (Phi) is 17.6. The third-order valence-corrected chi connectivity index (χ3v) is 4.37. The largest absolute Gasteiger partial charge is 0.241 e. The van der Waals surface area contributed by atoms with Crippen LogP contribution >= 0.6 is 17.0 Å². The molecule has 0 aromatic carbocycles. The Hall–Kier alpha value is -0.440. The summed E-state index contributed by atoms with van der Waals surface area (Å²) >= 11 is 0. The van der Waals surface area contributed by atoms with E-state index in [1.165, 1.54) is 89.9 Å². The van der Waals surface area contributed by atoms with Gasteiger partial charge in [-0.1, -0.05) is 90.4 Å². The number of nitrogens with zero attached hydrogens (tertiary/aromatic N) is 2. The second-order valence-electron chi connectivity index (χ2n) is 6.51. The minimum absolute atomic E-state index is 0. The van der Waals surface area contributed by atoms with Crippen LogP contribution in [-0.4, -0.2) is 9.97 Å². The van der Waals surface area contributed by atoms with Gasteiger partial charge in [-0.15, -0.1) is 17.0 Å². The van der Waals surface area contributed by atoms with Gasteiger partial charge in [-0.2, -0.15) is 0 Å². The fourth-order valence-electron chi connectivity index (χ4n) is 2.94. The minimum Gasteiger partial charge on any atom is -0.241 e. The Morgan fingerprint density at radius 3 is 1.43 bits per heavy atom. The summed E-state index contributed by atoms with van der Waals surface area (Å²) in [6.45, 7) is 2.29. The van der Waals surface area contributed by atoms with E-state index in [0.29, 0.717) is 0 Å². The summed E-state index contributed by atoms with van der Waals surface area (Å²) in [4.78, 5) is 8.53. The lowest BCUT2D eigenvalue weighted by Gasteiger charge is -2.03. The molecule has 0 aliphatic rings. The lowest BCUT2D eigenvalue weighted by atomic mass is 10.0. The summed E-state index contributed by atoms with van der Waals surface area (Å²) in [5, 5.41) is 0. The van der Waals surface area contributed by atoms with Gasteiger partial charge in [-0.25, -0.2) is 9.97 Å². The Balaban J connectivity index is 0.00000484. The van der Waals surface area contributed by atoms with Gasteiger partial charge in [0.05, 0.1) is 0 Å². The first-order valence-corrected chi connectivity index (χ1v) is 9.69. The molecule has 0 aliphatic heterocycles. The predicted molar refractivity (Wildman–Crippen MR) is 106 cm³/mol. The van der Waals surface area contributed by atoms with Crippen LogP contribution in [0.5, 0.6) is 0 Å². The van der Waals surface area contributed by atoms with Crippen molar-refractivity contribution in [3.8, 4) is 0 Å². The van der Waals surface area contributed by atoms with E-state index in [1.807, 2.05) is 18.5 Å². The minimum atomic E-state index is 0. The number of aromatic nitrogens is 2. The molecule has 0 radical (unpaired) electrons. The van der Waals surface area contributed by atoms with Gasteiger partial charge in [0.15, 0.2) is 0 Å². The van der Waals surface area contributed by atoms with Crippen LogP contribution in [0, 0.1) is 0 Å². The molecule has 0 bridgehead atoms. The first kappa shape index (κ1) is 22.6. The number of hydrogen-bond acceptors (Lipinski definition) is 2. The van der Waals surface area contributed by atoms with Crippen LogP contribution in [0.1, 0.15) is 103 Å². The average molecular weight is 385 g/mol. The molecule has 0 amide bonds. The second kappa shape index (κ2) is 17.9. The van der Waals surface area contributed by atoms with Crippen LogP contribution in [0.4, 0.5) is 0 Å². The number of aryl methyl sites for hydroxylation is 1. The zero-order valence-electron chi connectivity index (χ0n) is 15.1. The zero-order valence-corrected chi connectivity index (χ0v) is 16.9. The first-order chi connectivity index (χ1) is 10.9. The van der Waals surface area contributed by atoms with Crippen molar-refractivity contribution in [3.63, 3.8) is 0 Å². The highest BCUT2D eigenvalue weighted by atomic mass is 79.9. The van der Waals surface area contributed by atoms with E-state index < -0.39 is 0 Å². The van der Waals surface area contributed by atoms with Gasteiger partial charge in [0, 0.05) is 18.8 Å². The molecule has 0 N–H and O–H groups in total. The summed E-state index contributed by atoms with van der Waals surface area (Å²) in [5.74, 6) is 1.00. The fraction of sp³-hybridized carbons (Fsp3) is 0.800. The molecule has 0 aliphatic carbocycles. The molecule has 23 heavy (non-hydrogen) atoms. The zero-order chi connectivity index (χ0) is 15.7. The standard InChI is InChI=1S/C20H36N2.BrH/c1-2-3-4-5-6-7-8-9-10-11-12-13-14-15-17-20-21-18-16-19-22-20;/h16,18-19H,2-15,17H2,1H3;1H. The molecule has 0 unspecified atom stereocenters. The topological polar surface area (TPSA) is 25.8 Å². The molecule has 1 aromatic heterocycles. The Labute approximate surface area is 154 Å². The lowest BCUT2D eigenvalue weighted by Crippen LogP contribution is -1.93. The van der Waals surface area contributed by atoms with Crippen LogP contribution in [0.25, 0.3) is 0 Å². The fourth-order valence-corrected chi connectivity index (χ4v) is 2.94. The number of halogens is 1. The van der Waals surface area contributed by atoms with Crippen molar-refractivity contribution in [2.24, 2.45) is 0 Å². The molecule has 0 spiro atoms. The molecule has 134 valence electrons. The van der Waals surface area contributed by atoms with E-state index in [9.17, 15) is 0 Å². The van der Waals surface area contributed by atoms with E-state index >= 15 is 0 Å². The highest BCUT2D eigenvalue weighted by Gasteiger charge is 1.96. The molecule has 0 saturated heterocycles. The van der Waals surface area contributed by atoms with Crippen molar-refractivity contribution in [2.45, 2.75) is 103 Å². The summed E-state index contributed by atoms with van der Waals surface area (Å²) < 4.78 is 0. The smallest absolute Gasteiger partial charge is 0.128 e. The van der Waals surface area contributed by atoms with Crippen molar-refractivity contribution in [3.05, 3.63) is 24.3 Å². The van der Waals surface area contributed by atoms with Crippen LogP contribution in [0.3, 0.4) is 0 Å². The molecule has 1 aromatic rings. The normalized spacial score (nSPS) is 10.5. The van der Waals surface area contributed by atoms with Gasteiger partial charge in [-0.3, -0.25) is 0 Å². The van der Waals surface area contributed by atoms with Gasteiger partial charge < -0.3 is 0 Å². The molecule has 0 atom stereocenters. The molecular formula is C20H37BrN2. The highest BCUT2D eigenvalue weighted by molar-refractivity contribution is 8.93. The summed E-state index contributed by atoms with van der Waals surface area (Å²) in [6.07, 6.45) is 24.5. The van der Waals surface area contributed by atoms with Crippen LogP contribution in [-0.2, 0) is 6.42 Å². The number of hydrogen-bond donors (Lipinski definition) is 0. The van der Waals surface area contributed by atoms with E-state index in [4.69, 9.17) is 0 Å². The molecule has 1 rings (SSSR count). The molecule has 0 fully saturated rings. The SMILES string of the molecule is Br.CCCCCCCCCCCCCCCCc1ncccn1. The maximum Gasteiger partial charge on any atom is 0.128 e. The van der Waals surface area contributed by atoms with Gasteiger partial charge in [0.25, 0.3) is 0 Å². The third kappa shape index (κ3) is 14.9. The highest BCUT2D eigenvalue weighted by Crippen LogP contribution is 2.13. The Bertz CT molecular complexity index is 330. The van der Waals surface area contributed by atoms with Crippen molar-refractivity contribution in [1.29, 1.82) is 0 Å². The van der Waals surface area contributed by atoms with Crippen molar-refractivity contribution in [1.82, 2.24) is 9.97 Å². The Morgan fingerprint density at radius 2 is 1.00 bits per heavy atom. The van der Waals surface area contributed by atoms with Crippen molar-refractivity contribution < 1.29 is 0 Å². The average Bonchev–Trinajstić information content (AvgIpc) is 2.56. The molecule has 3 heteroatoms. The lowest BCUT2D eigenvalue weighted by molar-refractivity contribution is 0.534.